The van der Waals surface area contributed by atoms with Gasteiger partial charge in [0.2, 0.25) is 0 Å². The van der Waals surface area contributed by atoms with E-state index in [1.807, 2.05) is 44.2 Å². The van der Waals surface area contributed by atoms with Crippen LogP contribution >= 0.6 is 0 Å². The van der Waals surface area contributed by atoms with Gasteiger partial charge in [-0.3, -0.25) is 4.31 Å². The van der Waals surface area contributed by atoms with Gasteiger partial charge in [-0.15, -0.1) is 0 Å². The highest BCUT2D eigenvalue weighted by Crippen LogP contribution is 2.27. The van der Waals surface area contributed by atoms with Crippen LogP contribution in [-0.2, 0) is 16.6 Å². The summed E-state index contributed by atoms with van der Waals surface area (Å²) >= 11 is 0. The first kappa shape index (κ1) is 20.7. The molecule has 0 saturated heterocycles. The van der Waals surface area contributed by atoms with Crippen LogP contribution in [-0.4, -0.2) is 21.6 Å². The molecule has 0 atom stereocenters. The Bertz CT molecular complexity index is 1000. The van der Waals surface area contributed by atoms with Crippen LogP contribution < -0.4 is 13.8 Å². The summed E-state index contributed by atoms with van der Waals surface area (Å²) in [5.41, 5.74) is 1.67. The smallest absolute Gasteiger partial charge is 0.264 e. The van der Waals surface area contributed by atoms with E-state index in [0.29, 0.717) is 36.9 Å². The Morgan fingerprint density at radius 1 is 0.759 bits per heavy atom. The van der Waals surface area contributed by atoms with Crippen molar-refractivity contribution in [2.45, 2.75) is 25.3 Å². The van der Waals surface area contributed by atoms with Crippen molar-refractivity contribution in [2.75, 3.05) is 17.5 Å². The van der Waals surface area contributed by atoms with Gasteiger partial charge in [0, 0.05) is 6.54 Å². The van der Waals surface area contributed by atoms with Gasteiger partial charge in [0.25, 0.3) is 10.0 Å². The summed E-state index contributed by atoms with van der Waals surface area (Å²) in [5.74, 6) is 1.33. The summed E-state index contributed by atoms with van der Waals surface area (Å²) in [6.45, 7) is 5.01. The van der Waals surface area contributed by atoms with Gasteiger partial charge in [0.15, 0.2) is 0 Å². The quantitative estimate of drug-likeness (QED) is 0.504. The van der Waals surface area contributed by atoms with E-state index in [2.05, 4.69) is 0 Å². The summed E-state index contributed by atoms with van der Waals surface area (Å²) < 4.78 is 38.7. The highest BCUT2D eigenvalue weighted by atomic mass is 32.2. The molecule has 3 aromatic carbocycles. The lowest BCUT2D eigenvalue weighted by atomic mass is 10.2. The molecule has 0 aromatic heterocycles. The summed E-state index contributed by atoms with van der Waals surface area (Å²) in [7, 11) is -3.67. The molecule has 0 aliphatic heterocycles. The van der Waals surface area contributed by atoms with Gasteiger partial charge in [-0.05, 0) is 67.9 Å². The third-order valence-corrected chi connectivity index (χ3v) is 6.30. The molecule has 152 valence electrons. The number of hydrogen-bond donors (Lipinski definition) is 0. The lowest BCUT2D eigenvalue weighted by molar-refractivity contribution is 0.306. The van der Waals surface area contributed by atoms with Crippen molar-refractivity contribution in [2.24, 2.45) is 0 Å². The van der Waals surface area contributed by atoms with Crippen LogP contribution in [0.2, 0.25) is 0 Å². The van der Waals surface area contributed by atoms with E-state index in [4.69, 9.17) is 9.47 Å². The van der Waals surface area contributed by atoms with E-state index in [-0.39, 0.29) is 4.90 Å². The van der Waals surface area contributed by atoms with E-state index in [0.717, 1.165) is 5.56 Å². The molecule has 0 radical (unpaired) electrons. The maximum atomic E-state index is 13.1. The van der Waals surface area contributed by atoms with Crippen LogP contribution in [0.15, 0.2) is 83.8 Å². The zero-order chi connectivity index (χ0) is 20.7. The molecule has 6 heteroatoms. The number of benzene rings is 3. The molecule has 0 N–H and O–H groups in total. The van der Waals surface area contributed by atoms with Crippen LogP contribution in [0.4, 0.5) is 5.69 Å². The fraction of sp³-hybridized carbons (Fsp3) is 0.217. The molecular formula is C23H25NO4S. The van der Waals surface area contributed by atoms with Gasteiger partial charge in [-0.1, -0.05) is 30.3 Å². The topological polar surface area (TPSA) is 55.8 Å². The molecule has 0 unspecified atom stereocenters. The predicted molar refractivity (Wildman–Crippen MR) is 115 cm³/mol. The van der Waals surface area contributed by atoms with E-state index in [9.17, 15) is 8.42 Å². The predicted octanol–water partition coefficient (Wildman–Crippen LogP) is 4.88. The van der Waals surface area contributed by atoms with Crippen LogP contribution in [0.3, 0.4) is 0 Å². The number of anilines is 1. The van der Waals surface area contributed by atoms with E-state index in [1.54, 1.807) is 48.5 Å². The molecule has 0 amide bonds. The molecule has 0 aliphatic carbocycles. The molecule has 3 aromatic rings. The van der Waals surface area contributed by atoms with Crippen LogP contribution in [0, 0.1) is 0 Å². The Kier molecular flexibility index (Phi) is 6.77. The first-order valence-electron chi connectivity index (χ1n) is 9.57. The number of hydrogen-bond acceptors (Lipinski definition) is 4. The Morgan fingerprint density at radius 3 is 1.93 bits per heavy atom. The zero-order valence-electron chi connectivity index (χ0n) is 16.6. The molecular weight excluding hydrogens is 386 g/mol. The SMILES string of the molecule is CCOc1ccc(S(=O)(=O)N(CC)c2ccc(OCc3ccccc3)cc2)cc1. The number of rotatable bonds is 9. The normalized spacial score (nSPS) is 11.1. The number of ether oxygens (including phenoxy) is 2. The monoisotopic (exact) mass is 411 g/mol. The fourth-order valence-electron chi connectivity index (χ4n) is 2.94. The van der Waals surface area contributed by atoms with E-state index < -0.39 is 10.0 Å². The summed E-state index contributed by atoms with van der Waals surface area (Å²) in [4.78, 5) is 0.229. The first-order chi connectivity index (χ1) is 14.0. The highest BCUT2D eigenvalue weighted by Gasteiger charge is 2.23. The van der Waals surface area contributed by atoms with Crippen molar-refractivity contribution in [3.63, 3.8) is 0 Å². The molecule has 0 heterocycles. The zero-order valence-corrected chi connectivity index (χ0v) is 17.4. The number of nitrogens with zero attached hydrogens (tertiary/aromatic N) is 1. The summed E-state index contributed by atoms with van der Waals surface area (Å²) in [5, 5.41) is 0. The third kappa shape index (κ3) is 5.09. The Hall–Kier alpha value is -2.99. The Balaban J connectivity index is 1.74. The molecule has 29 heavy (non-hydrogen) atoms. The minimum absolute atomic E-state index is 0.229. The molecule has 0 fully saturated rings. The van der Waals surface area contributed by atoms with Crippen molar-refractivity contribution in [1.82, 2.24) is 0 Å². The van der Waals surface area contributed by atoms with Crippen molar-refractivity contribution >= 4 is 15.7 Å². The van der Waals surface area contributed by atoms with Gasteiger partial charge < -0.3 is 9.47 Å². The van der Waals surface area contributed by atoms with Crippen molar-refractivity contribution in [3.8, 4) is 11.5 Å². The largest absolute Gasteiger partial charge is 0.494 e. The Labute approximate surface area is 172 Å². The lowest BCUT2D eigenvalue weighted by Gasteiger charge is -2.23. The second-order valence-corrected chi connectivity index (χ2v) is 8.20. The first-order valence-corrected chi connectivity index (χ1v) is 11.0. The van der Waals surface area contributed by atoms with Crippen LogP contribution in [0.25, 0.3) is 0 Å². The second-order valence-electron chi connectivity index (χ2n) is 6.34. The molecule has 0 bridgehead atoms. The maximum absolute atomic E-state index is 13.1. The van der Waals surface area contributed by atoms with Crippen LogP contribution in [0.1, 0.15) is 19.4 Å². The van der Waals surface area contributed by atoms with Gasteiger partial charge in [0.1, 0.15) is 18.1 Å². The molecule has 0 spiro atoms. The molecule has 3 rings (SSSR count). The lowest BCUT2D eigenvalue weighted by Crippen LogP contribution is -2.30. The van der Waals surface area contributed by atoms with E-state index >= 15 is 0 Å². The van der Waals surface area contributed by atoms with Gasteiger partial charge in [-0.25, -0.2) is 8.42 Å². The van der Waals surface area contributed by atoms with Crippen molar-refractivity contribution < 1.29 is 17.9 Å². The average Bonchev–Trinajstić information content (AvgIpc) is 2.75. The van der Waals surface area contributed by atoms with Gasteiger partial charge >= 0.3 is 0 Å². The minimum atomic E-state index is -3.67. The maximum Gasteiger partial charge on any atom is 0.264 e. The molecule has 5 nitrogen and oxygen atoms in total. The van der Waals surface area contributed by atoms with Crippen molar-refractivity contribution in [3.05, 3.63) is 84.4 Å². The molecule has 0 aliphatic rings. The number of sulfonamides is 1. The minimum Gasteiger partial charge on any atom is -0.494 e. The van der Waals surface area contributed by atoms with E-state index in [1.165, 1.54) is 4.31 Å². The Morgan fingerprint density at radius 2 is 1.34 bits per heavy atom. The van der Waals surface area contributed by atoms with Gasteiger partial charge in [0.05, 0.1) is 17.2 Å². The third-order valence-electron chi connectivity index (χ3n) is 4.38. The van der Waals surface area contributed by atoms with Crippen LogP contribution in [0.5, 0.6) is 11.5 Å². The summed E-state index contributed by atoms with van der Waals surface area (Å²) in [6.07, 6.45) is 0. The molecule has 0 saturated carbocycles. The van der Waals surface area contributed by atoms with Crippen molar-refractivity contribution in [1.29, 1.82) is 0 Å². The standard InChI is InChI=1S/C23H25NO4S/c1-3-24(29(25,26)23-16-14-21(15-17-23)27-4-2)20-10-12-22(13-11-20)28-18-19-8-6-5-7-9-19/h5-17H,3-4,18H2,1-2H3. The van der Waals surface area contributed by atoms with Gasteiger partial charge in [-0.2, -0.15) is 0 Å². The average molecular weight is 412 g/mol. The highest BCUT2D eigenvalue weighted by molar-refractivity contribution is 7.92. The summed E-state index contributed by atoms with van der Waals surface area (Å²) in [6, 6.07) is 23.5. The second kappa shape index (κ2) is 9.47. The fourth-order valence-corrected chi connectivity index (χ4v) is 4.42.